The van der Waals surface area contributed by atoms with Crippen molar-refractivity contribution in [2.75, 3.05) is 44.7 Å². The highest BCUT2D eigenvalue weighted by Crippen LogP contribution is 2.18. The molecule has 11 heteroatoms. The molecule has 1 atom stereocenters. The summed E-state index contributed by atoms with van der Waals surface area (Å²) in [4.78, 5) is 32.9. The largest absolute Gasteiger partial charge is 0.354 e. The molecule has 2 amide bonds. The zero-order valence-electron chi connectivity index (χ0n) is 17.1. The maximum Gasteiger partial charge on any atom is 0.239 e. The Morgan fingerprint density at radius 1 is 1.14 bits per heavy atom. The van der Waals surface area contributed by atoms with Crippen LogP contribution in [0.4, 0.5) is 5.82 Å². The second kappa shape index (κ2) is 14.6. The quantitative estimate of drug-likeness (QED) is 0.544. The first-order valence-corrected chi connectivity index (χ1v) is 9.06. The molecule has 1 fully saturated rings. The number of nitrogens with two attached hydrogens (primary N) is 1. The van der Waals surface area contributed by atoms with Crippen LogP contribution in [0.25, 0.3) is 0 Å². The predicted octanol–water partition coefficient (Wildman–Crippen LogP) is 0.814. The molecule has 2 rings (SSSR count). The molecule has 0 aromatic carbocycles. The van der Waals surface area contributed by atoms with Gasteiger partial charge in [0.15, 0.2) is 0 Å². The van der Waals surface area contributed by atoms with Gasteiger partial charge in [-0.3, -0.25) is 9.59 Å². The van der Waals surface area contributed by atoms with E-state index >= 15 is 0 Å². The molecular weight excluding hydrogens is 439 g/mol. The van der Waals surface area contributed by atoms with Crippen LogP contribution in [-0.2, 0) is 16.1 Å². The number of pyridine rings is 1. The topological polar surface area (TPSA) is 104 Å². The minimum atomic E-state index is -0.607. The average molecular weight is 472 g/mol. The number of hydrogen-bond donors (Lipinski definition) is 3. The van der Waals surface area contributed by atoms with Crippen LogP contribution in [0.2, 0.25) is 0 Å². The number of amides is 2. The Balaban J connectivity index is 0. The van der Waals surface area contributed by atoms with Crippen molar-refractivity contribution < 1.29 is 9.59 Å². The average Bonchev–Trinajstić information content (AvgIpc) is 2.64. The second-order valence-corrected chi connectivity index (χ2v) is 7.04. The molecule has 168 valence electrons. The Morgan fingerprint density at radius 2 is 1.76 bits per heavy atom. The maximum atomic E-state index is 12.0. The number of likely N-dealkylation sites (N-methyl/N-ethyl adjacent to an activating group) is 1. The van der Waals surface area contributed by atoms with E-state index in [-0.39, 0.29) is 61.5 Å². The van der Waals surface area contributed by atoms with Gasteiger partial charge in [-0.2, -0.15) is 0 Å². The van der Waals surface area contributed by atoms with Gasteiger partial charge in [-0.15, -0.1) is 37.2 Å². The van der Waals surface area contributed by atoms with Crippen molar-refractivity contribution in [2.45, 2.75) is 26.4 Å². The van der Waals surface area contributed by atoms with Crippen molar-refractivity contribution in [1.29, 1.82) is 0 Å². The van der Waals surface area contributed by atoms with E-state index in [1.54, 1.807) is 6.20 Å². The minimum absolute atomic E-state index is 0. The van der Waals surface area contributed by atoms with Gasteiger partial charge in [-0.25, -0.2) is 4.98 Å². The van der Waals surface area contributed by atoms with Crippen LogP contribution < -0.4 is 21.3 Å². The lowest BCUT2D eigenvalue weighted by molar-refractivity contribution is -0.127. The van der Waals surface area contributed by atoms with E-state index in [1.165, 1.54) is 0 Å². The van der Waals surface area contributed by atoms with Crippen LogP contribution in [0.1, 0.15) is 19.4 Å². The second-order valence-electron chi connectivity index (χ2n) is 7.04. The number of carbonyl (C=O) groups is 2. The molecule has 1 aliphatic rings. The lowest BCUT2D eigenvalue weighted by Gasteiger charge is -2.34. The van der Waals surface area contributed by atoms with Crippen molar-refractivity contribution in [3.05, 3.63) is 23.9 Å². The fourth-order valence-corrected chi connectivity index (χ4v) is 2.72. The van der Waals surface area contributed by atoms with Gasteiger partial charge in [-0.05, 0) is 19.0 Å². The fourth-order valence-electron chi connectivity index (χ4n) is 2.72. The van der Waals surface area contributed by atoms with Gasteiger partial charge in [0.05, 0.1) is 12.6 Å². The summed E-state index contributed by atoms with van der Waals surface area (Å²) in [6.07, 6.45) is 1.77. The number of nitrogens with one attached hydrogen (secondary N) is 2. The van der Waals surface area contributed by atoms with Gasteiger partial charge in [0, 0.05) is 44.5 Å². The molecular formula is C18H33Cl3N6O2. The number of aromatic nitrogens is 1. The van der Waals surface area contributed by atoms with E-state index in [9.17, 15) is 9.59 Å². The summed E-state index contributed by atoms with van der Waals surface area (Å²) in [5, 5.41) is 5.41. The van der Waals surface area contributed by atoms with Crippen LogP contribution >= 0.6 is 37.2 Å². The summed E-state index contributed by atoms with van der Waals surface area (Å²) in [5.74, 6) is 0.378. The minimum Gasteiger partial charge on any atom is -0.354 e. The molecule has 0 radical (unpaired) electrons. The third-order valence-corrected chi connectivity index (χ3v) is 4.59. The number of nitrogens with zero attached hydrogens (tertiary/aromatic N) is 3. The van der Waals surface area contributed by atoms with Crippen LogP contribution in [-0.4, -0.2) is 67.5 Å². The number of halogens is 3. The van der Waals surface area contributed by atoms with Crippen molar-refractivity contribution >= 4 is 54.9 Å². The highest BCUT2D eigenvalue weighted by Gasteiger charge is 2.19. The zero-order valence-corrected chi connectivity index (χ0v) is 19.5. The Hall–Kier alpha value is -1.32. The monoisotopic (exact) mass is 470 g/mol. The Labute approximate surface area is 191 Å². The Kier molecular flexibility index (Phi) is 15.1. The molecule has 4 N–H and O–H groups in total. The SMILES string of the molecule is CC(C)[C@H](N)C(=O)NCC(=O)NCc1cccnc1N1CCN(C)CC1.Cl.Cl.Cl. The highest BCUT2D eigenvalue weighted by molar-refractivity contribution is 5.87. The van der Waals surface area contributed by atoms with Crippen molar-refractivity contribution in [2.24, 2.45) is 11.7 Å². The van der Waals surface area contributed by atoms with Crippen LogP contribution in [0.5, 0.6) is 0 Å². The molecule has 1 saturated heterocycles. The van der Waals surface area contributed by atoms with Gasteiger partial charge in [0.2, 0.25) is 11.8 Å². The Morgan fingerprint density at radius 3 is 2.34 bits per heavy atom. The Bertz CT molecular complexity index is 627. The summed E-state index contributed by atoms with van der Waals surface area (Å²) in [6, 6.07) is 3.23. The first-order valence-electron chi connectivity index (χ1n) is 9.06. The van der Waals surface area contributed by atoms with Gasteiger partial charge in [0.1, 0.15) is 5.82 Å². The molecule has 1 aromatic heterocycles. The molecule has 0 spiro atoms. The molecule has 29 heavy (non-hydrogen) atoms. The molecule has 2 heterocycles. The summed E-state index contributed by atoms with van der Waals surface area (Å²) in [5.41, 5.74) is 6.73. The first kappa shape index (κ1) is 29.9. The first-order chi connectivity index (χ1) is 12.4. The lowest BCUT2D eigenvalue weighted by Crippen LogP contribution is -2.47. The van der Waals surface area contributed by atoms with Gasteiger partial charge < -0.3 is 26.2 Å². The van der Waals surface area contributed by atoms with Crippen LogP contribution in [0.3, 0.4) is 0 Å². The van der Waals surface area contributed by atoms with Gasteiger partial charge in [-0.1, -0.05) is 19.9 Å². The molecule has 0 saturated carbocycles. The van der Waals surface area contributed by atoms with Gasteiger partial charge in [0.25, 0.3) is 0 Å². The summed E-state index contributed by atoms with van der Waals surface area (Å²) in [6.45, 7) is 7.84. The smallest absolute Gasteiger partial charge is 0.239 e. The molecule has 1 aliphatic heterocycles. The van der Waals surface area contributed by atoms with Crippen molar-refractivity contribution in [3.63, 3.8) is 0 Å². The van der Waals surface area contributed by atoms with E-state index in [0.29, 0.717) is 6.54 Å². The van der Waals surface area contributed by atoms with E-state index < -0.39 is 6.04 Å². The van der Waals surface area contributed by atoms with Crippen molar-refractivity contribution in [1.82, 2.24) is 20.5 Å². The zero-order chi connectivity index (χ0) is 19.1. The highest BCUT2D eigenvalue weighted by atomic mass is 35.5. The van der Waals surface area contributed by atoms with E-state index in [0.717, 1.165) is 37.6 Å². The number of hydrogen-bond acceptors (Lipinski definition) is 6. The summed E-state index contributed by atoms with van der Waals surface area (Å²) in [7, 11) is 2.11. The summed E-state index contributed by atoms with van der Waals surface area (Å²) >= 11 is 0. The molecule has 0 aliphatic carbocycles. The number of rotatable bonds is 7. The summed E-state index contributed by atoms with van der Waals surface area (Å²) < 4.78 is 0. The number of carbonyl (C=O) groups excluding carboxylic acids is 2. The third kappa shape index (κ3) is 9.35. The molecule has 1 aromatic rings. The standard InChI is InChI=1S/C18H30N6O2.3ClH/c1-13(2)16(19)18(26)22-12-15(25)21-11-14-5-4-6-20-17(14)24-9-7-23(3)8-10-24;;;/h4-6,13,16H,7-12,19H2,1-3H3,(H,21,25)(H,22,26);3*1H/t16-;;;/m0.../s1. The van der Waals surface area contributed by atoms with Crippen molar-refractivity contribution in [3.8, 4) is 0 Å². The van der Waals surface area contributed by atoms with E-state index in [1.807, 2.05) is 26.0 Å². The third-order valence-electron chi connectivity index (χ3n) is 4.59. The molecule has 8 nitrogen and oxygen atoms in total. The number of anilines is 1. The van der Waals surface area contributed by atoms with E-state index in [2.05, 4.69) is 32.5 Å². The van der Waals surface area contributed by atoms with Crippen LogP contribution in [0, 0.1) is 5.92 Å². The fraction of sp³-hybridized carbons (Fsp3) is 0.611. The lowest BCUT2D eigenvalue weighted by atomic mass is 10.1. The van der Waals surface area contributed by atoms with E-state index in [4.69, 9.17) is 5.73 Å². The normalized spacial score (nSPS) is 14.7. The predicted molar refractivity (Wildman–Crippen MR) is 123 cm³/mol. The van der Waals surface area contributed by atoms with Crippen LogP contribution in [0.15, 0.2) is 18.3 Å². The van der Waals surface area contributed by atoms with Gasteiger partial charge >= 0.3 is 0 Å². The maximum absolute atomic E-state index is 12.0. The molecule has 0 unspecified atom stereocenters. The number of piperazine rings is 1. The molecule has 0 bridgehead atoms.